The Morgan fingerprint density at radius 3 is 2.74 bits per heavy atom. The predicted molar refractivity (Wildman–Crippen MR) is 74.3 cm³/mol. The number of hydrogen-bond donors (Lipinski definition) is 3. The summed E-state index contributed by atoms with van der Waals surface area (Å²) < 4.78 is 0. The normalized spacial score (nSPS) is 16.9. The van der Waals surface area contributed by atoms with E-state index in [0.717, 1.165) is 29.4 Å². The molecule has 0 atom stereocenters. The minimum atomic E-state index is -0.817. The van der Waals surface area contributed by atoms with E-state index in [1.54, 1.807) is 0 Å². The summed E-state index contributed by atoms with van der Waals surface area (Å²) >= 11 is 0. The average Bonchev–Trinajstić information content (AvgIpc) is 2.81. The van der Waals surface area contributed by atoms with Gasteiger partial charge in [-0.05, 0) is 37.1 Å². The van der Waals surface area contributed by atoms with Crippen LogP contribution in [0.4, 0.5) is 10.5 Å². The van der Waals surface area contributed by atoms with E-state index in [1.165, 1.54) is 10.6 Å². The van der Waals surface area contributed by atoms with E-state index in [0.29, 0.717) is 19.0 Å². The zero-order chi connectivity index (χ0) is 13.4. The van der Waals surface area contributed by atoms with Crippen molar-refractivity contribution >= 4 is 22.7 Å². The number of carboxylic acid groups (broad SMARTS) is 1. The second-order valence-corrected chi connectivity index (χ2v) is 5.12. The summed E-state index contributed by atoms with van der Waals surface area (Å²) in [6.07, 6.45) is 0.923. The molecule has 5 nitrogen and oxygen atoms in total. The second kappa shape index (κ2) is 4.50. The molecule has 2 heterocycles. The Kier molecular flexibility index (Phi) is 2.81. The highest BCUT2D eigenvalue weighted by molar-refractivity contribution is 5.83. The summed E-state index contributed by atoms with van der Waals surface area (Å²) in [5, 5.41) is 10.1. The number of amides is 1. The molecule has 1 aliphatic rings. The summed E-state index contributed by atoms with van der Waals surface area (Å²) in [5.74, 6) is 0.407. The van der Waals surface area contributed by atoms with Gasteiger partial charge in [0, 0.05) is 41.3 Å². The molecule has 0 radical (unpaired) electrons. The van der Waals surface area contributed by atoms with E-state index in [9.17, 15) is 4.79 Å². The Morgan fingerprint density at radius 1 is 1.32 bits per heavy atom. The first kappa shape index (κ1) is 11.9. The lowest BCUT2D eigenvalue weighted by Crippen LogP contribution is -2.36. The molecule has 1 aliphatic heterocycles. The molecule has 5 heteroatoms. The third-order valence-corrected chi connectivity index (χ3v) is 3.87. The minimum Gasteiger partial charge on any atom is -0.465 e. The summed E-state index contributed by atoms with van der Waals surface area (Å²) in [6.45, 7) is 1.22. The summed E-state index contributed by atoms with van der Waals surface area (Å²) in [4.78, 5) is 15.8. The smallest absolute Gasteiger partial charge is 0.407 e. The zero-order valence-electron chi connectivity index (χ0n) is 10.6. The van der Waals surface area contributed by atoms with Crippen LogP contribution < -0.4 is 5.73 Å². The van der Waals surface area contributed by atoms with Crippen molar-refractivity contribution in [1.82, 2.24) is 9.88 Å². The molecular weight excluding hydrogens is 242 g/mol. The molecule has 0 spiro atoms. The van der Waals surface area contributed by atoms with Crippen LogP contribution in [0.2, 0.25) is 0 Å². The molecule has 3 rings (SSSR count). The van der Waals surface area contributed by atoms with E-state index >= 15 is 0 Å². The van der Waals surface area contributed by atoms with Crippen molar-refractivity contribution in [2.75, 3.05) is 18.8 Å². The van der Waals surface area contributed by atoms with Crippen LogP contribution in [0.3, 0.4) is 0 Å². The molecule has 1 amide bonds. The van der Waals surface area contributed by atoms with Crippen LogP contribution in [-0.2, 0) is 0 Å². The third kappa shape index (κ3) is 2.23. The van der Waals surface area contributed by atoms with Crippen LogP contribution in [0.15, 0.2) is 24.3 Å². The summed E-state index contributed by atoms with van der Waals surface area (Å²) in [5.41, 5.74) is 8.81. The van der Waals surface area contributed by atoms with Crippen LogP contribution in [0.1, 0.15) is 24.5 Å². The van der Waals surface area contributed by atoms with Gasteiger partial charge in [-0.2, -0.15) is 0 Å². The molecule has 1 aromatic carbocycles. The van der Waals surface area contributed by atoms with Crippen molar-refractivity contribution < 1.29 is 9.90 Å². The first-order chi connectivity index (χ1) is 9.13. The number of H-pyrrole nitrogens is 1. The number of nitrogens with two attached hydrogens (primary N) is 1. The molecular formula is C14H17N3O2. The number of piperidine rings is 1. The number of fused-ring (bicyclic) bond motifs is 1. The minimum absolute atomic E-state index is 0.407. The molecule has 4 N–H and O–H groups in total. The molecule has 100 valence electrons. The van der Waals surface area contributed by atoms with Gasteiger partial charge in [0.2, 0.25) is 0 Å². The number of anilines is 1. The maximum absolute atomic E-state index is 10.9. The quantitative estimate of drug-likeness (QED) is 0.688. The predicted octanol–water partition coefficient (Wildman–Crippen LogP) is 2.61. The van der Waals surface area contributed by atoms with Crippen molar-refractivity contribution in [3.8, 4) is 0 Å². The fourth-order valence-electron chi connectivity index (χ4n) is 2.78. The Balaban J connectivity index is 1.80. The summed E-state index contributed by atoms with van der Waals surface area (Å²) in [7, 11) is 0. The first-order valence-corrected chi connectivity index (χ1v) is 6.49. The number of likely N-dealkylation sites (tertiary alicyclic amines) is 1. The second-order valence-electron chi connectivity index (χ2n) is 5.12. The monoisotopic (exact) mass is 259 g/mol. The number of hydrogen-bond acceptors (Lipinski definition) is 2. The highest BCUT2D eigenvalue weighted by atomic mass is 16.4. The first-order valence-electron chi connectivity index (χ1n) is 6.49. The largest absolute Gasteiger partial charge is 0.465 e. The van der Waals surface area contributed by atoms with Gasteiger partial charge in [-0.3, -0.25) is 0 Å². The highest BCUT2D eigenvalue weighted by Gasteiger charge is 2.24. The van der Waals surface area contributed by atoms with Gasteiger partial charge in [-0.15, -0.1) is 0 Å². The molecule has 1 saturated heterocycles. The Bertz CT molecular complexity index is 612. The van der Waals surface area contributed by atoms with Crippen LogP contribution in [0.5, 0.6) is 0 Å². The summed E-state index contributed by atoms with van der Waals surface area (Å²) in [6, 6.07) is 7.96. The van der Waals surface area contributed by atoms with Crippen LogP contribution in [0.25, 0.3) is 10.9 Å². The maximum atomic E-state index is 10.9. The lowest BCUT2D eigenvalue weighted by atomic mass is 9.94. The number of aromatic amines is 1. The highest BCUT2D eigenvalue weighted by Crippen LogP contribution is 2.30. The Morgan fingerprint density at radius 2 is 2.05 bits per heavy atom. The Labute approximate surface area is 111 Å². The number of nitrogen functional groups attached to an aromatic ring is 1. The zero-order valence-corrected chi connectivity index (χ0v) is 10.6. The molecule has 0 unspecified atom stereocenters. The topological polar surface area (TPSA) is 82.4 Å². The number of aromatic nitrogens is 1. The molecule has 0 bridgehead atoms. The molecule has 0 saturated carbocycles. The average molecular weight is 259 g/mol. The van der Waals surface area contributed by atoms with Crippen molar-refractivity contribution in [1.29, 1.82) is 0 Å². The van der Waals surface area contributed by atoms with Gasteiger partial charge < -0.3 is 20.7 Å². The van der Waals surface area contributed by atoms with Gasteiger partial charge in [0.05, 0.1) is 0 Å². The fourth-order valence-corrected chi connectivity index (χ4v) is 2.78. The third-order valence-electron chi connectivity index (χ3n) is 3.87. The lowest BCUT2D eigenvalue weighted by molar-refractivity contribution is 0.132. The molecule has 1 aromatic heterocycles. The molecule has 1 fully saturated rings. The standard InChI is InChI=1S/C14H17N3O2/c15-11-1-2-12-10(7-11)8-13(16-12)9-3-5-17(6-4-9)14(18)19/h1-2,7-9,16H,3-6,15H2,(H,18,19). The van der Waals surface area contributed by atoms with Gasteiger partial charge >= 0.3 is 6.09 Å². The molecule has 2 aromatic rings. The van der Waals surface area contributed by atoms with Gasteiger partial charge in [0.15, 0.2) is 0 Å². The number of nitrogens with one attached hydrogen (secondary N) is 1. The van der Waals surface area contributed by atoms with Crippen LogP contribution in [0, 0.1) is 0 Å². The van der Waals surface area contributed by atoms with E-state index in [-0.39, 0.29) is 0 Å². The number of carbonyl (C=O) groups is 1. The number of nitrogens with zero attached hydrogens (tertiary/aromatic N) is 1. The molecule has 19 heavy (non-hydrogen) atoms. The van der Waals surface area contributed by atoms with Gasteiger partial charge in [-0.1, -0.05) is 0 Å². The van der Waals surface area contributed by atoms with Gasteiger partial charge in [-0.25, -0.2) is 4.79 Å². The van der Waals surface area contributed by atoms with Crippen molar-refractivity contribution in [3.05, 3.63) is 30.0 Å². The number of benzene rings is 1. The van der Waals surface area contributed by atoms with Gasteiger partial charge in [0.25, 0.3) is 0 Å². The van der Waals surface area contributed by atoms with Crippen molar-refractivity contribution in [2.24, 2.45) is 0 Å². The van der Waals surface area contributed by atoms with E-state index < -0.39 is 6.09 Å². The SMILES string of the molecule is Nc1ccc2[nH]c(C3CCN(C(=O)O)CC3)cc2c1. The van der Waals surface area contributed by atoms with Crippen molar-refractivity contribution in [2.45, 2.75) is 18.8 Å². The van der Waals surface area contributed by atoms with Crippen LogP contribution >= 0.6 is 0 Å². The lowest BCUT2D eigenvalue weighted by Gasteiger charge is -2.29. The number of rotatable bonds is 1. The van der Waals surface area contributed by atoms with Crippen LogP contribution in [-0.4, -0.2) is 34.2 Å². The molecule has 0 aliphatic carbocycles. The van der Waals surface area contributed by atoms with E-state index in [2.05, 4.69) is 11.1 Å². The van der Waals surface area contributed by atoms with E-state index in [4.69, 9.17) is 10.8 Å². The van der Waals surface area contributed by atoms with E-state index in [1.807, 2.05) is 18.2 Å². The van der Waals surface area contributed by atoms with Crippen molar-refractivity contribution in [3.63, 3.8) is 0 Å². The maximum Gasteiger partial charge on any atom is 0.407 e. The van der Waals surface area contributed by atoms with Gasteiger partial charge in [0.1, 0.15) is 0 Å². The fraction of sp³-hybridized carbons (Fsp3) is 0.357. The Hall–Kier alpha value is -2.17.